The van der Waals surface area contributed by atoms with Gasteiger partial charge < -0.3 is 10.6 Å². The third-order valence-corrected chi connectivity index (χ3v) is 3.91. The third kappa shape index (κ3) is 3.68. The van der Waals surface area contributed by atoms with Gasteiger partial charge in [-0.2, -0.15) is 13.2 Å². The van der Waals surface area contributed by atoms with Crippen LogP contribution in [-0.4, -0.2) is 23.9 Å². The highest BCUT2D eigenvalue weighted by atomic mass is 19.4. The van der Waals surface area contributed by atoms with Crippen LogP contribution in [0.1, 0.15) is 42.1 Å². The van der Waals surface area contributed by atoms with Crippen molar-refractivity contribution in [2.24, 2.45) is 5.92 Å². The first-order chi connectivity index (χ1) is 9.79. The number of halogens is 3. The molecule has 1 amide bonds. The van der Waals surface area contributed by atoms with Crippen LogP contribution in [0.15, 0.2) is 18.2 Å². The van der Waals surface area contributed by atoms with Gasteiger partial charge in [-0.1, -0.05) is 6.92 Å². The molecule has 1 aromatic carbocycles. The molecule has 0 aromatic heterocycles. The number of alkyl halides is 3. The van der Waals surface area contributed by atoms with Crippen molar-refractivity contribution in [1.29, 1.82) is 0 Å². The van der Waals surface area contributed by atoms with Gasteiger partial charge in [0, 0.05) is 24.3 Å². The van der Waals surface area contributed by atoms with E-state index in [1.807, 2.05) is 0 Å². The topological polar surface area (TPSA) is 46.3 Å². The summed E-state index contributed by atoms with van der Waals surface area (Å²) in [5.74, 6) is 0.189. The van der Waals surface area contributed by atoms with Crippen molar-refractivity contribution in [1.82, 2.24) is 4.90 Å². The Morgan fingerprint density at radius 1 is 1.29 bits per heavy atom. The van der Waals surface area contributed by atoms with Crippen LogP contribution in [-0.2, 0) is 6.18 Å². The molecule has 1 saturated heterocycles. The van der Waals surface area contributed by atoms with E-state index < -0.39 is 11.7 Å². The maximum Gasteiger partial charge on any atom is 0.418 e. The number of nitrogens with two attached hydrogens (primary N) is 1. The Hall–Kier alpha value is -1.72. The Bertz CT molecular complexity index is 528. The van der Waals surface area contributed by atoms with Gasteiger partial charge in [-0.25, -0.2) is 0 Å². The van der Waals surface area contributed by atoms with Gasteiger partial charge >= 0.3 is 6.18 Å². The predicted octanol–water partition coefficient (Wildman–Crippen LogP) is 3.55. The quantitative estimate of drug-likeness (QED) is 0.806. The van der Waals surface area contributed by atoms with Gasteiger partial charge in [-0.3, -0.25) is 4.79 Å². The second-order valence-electron chi connectivity index (χ2n) is 5.63. The normalized spacial score (nSPS) is 20.2. The molecule has 1 heterocycles. The van der Waals surface area contributed by atoms with Crippen molar-refractivity contribution in [3.8, 4) is 0 Å². The fourth-order valence-electron chi connectivity index (χ4n) is 2.58. The van der Waals surface area contributed by atoms with Crippen molar-refractivity contribution in [2.75, 3.05) is 18.8 Å². The molecule has 0 spiro atoms. The molecule has 21 heavy (non-hydrogen) atoms. The Kier molecular flexibility index (Phi) is 4.44. The van der Waals surface area contributed by atoms with E-state index in [9.17, 15) is 18.0 Å². The van der Waals surface area contributed by atoms with Gasteiger partial charge in [0.1, 0.15) is 0 Å². The standard InChI is InChI=1S/C15H19F3N2O/c1-10-3-2-7-20(8-6-10)14(21)11-4-5-13(19)12(9-11)15(16,17)18/h4-5,9-10H,2-3,6-8,19H2,1H3. The number of benzene rings is 1. The first kappa shape index (κ1) is 15.7. The summed E-state index contributed by atoms with van der Waals surface area (Å²) in [6.07, 6.45) is -1.74. The molecule has 0 aliphatic carbocycles. The molecule has 2 N–H and O–H groups in total. The predicted molar refractivity (Wildman–Crippen MR) is 74.8 cm³/mol. The molecule has 0 bridgehead atoms. The lowest BCUT2D eigenvalue weighted by Crippen LogP contribution is -2.32. The van der Waals surface area contributed by atoms with E-state index in [1.165, 1.54) is 6.07 Å². The molecule has 1 atom stereocenters. The molecule has 1 fully saturated rings. The van der Waals surface area contributed by atoms with Crippen molar-refractivity contribution in [3.63, 3.8) is 0 Å². The fourth-order valence-corrected chi connectivity index (χ4v) is 2.58. The lowest BCUT2D eigenvalue weighted by Gasteiger charge is -2.21. The number of rotatable bonds is 1. The van der Waals surface area contributed by atoms with Crippen LogP contribution in [0.2, 0.25) is 0 Å². The van der Waals surface area contributed by atoms with E-state index in [0.717, 1.165) is 31.4 Å². The Morgan fingerprint density at radius 2 is 2.00 bits per heavy atom. The fraction of sp³-hybridized carbons (Fsp3) is 0.533. The summed E-state index contributed by atoms with van der Waals surface area (Å²) in [7, 11) is 0. The van der Waals surface area contributed by atoms with Crippen molar-refractivity contribution in [3.05, 3.63) is 29.3 Å². The molecule has 1 unspecified atom stereocenters. The van der Waals surface area contributed by atoms with E-state index in [2.05, 4.69) is 6.92 Å². The highest BCUT2D eigenvalue weighted by molar-refractivity contribution is 5.95. The number of carbonyl (C=O) groups is 1. The Balaban J connectivity index is 2.23. The molecule has 3 nitrogen and oxygen atoms in total. The van der Waals surface area contributed by atoms with Crippen molar-refractivity contribution < 1.29 is 18.0 Å². The second kappa shape index (κ2) is 5.95. The summed E-state index contributed by atoms with van der Waals surface area (Å²) in [6, 6.07) is 3.36. The monoisotopic (exact) mass is 300 g/mol. The zero-order valence-electron chi connectivity index (χ0n) is 11.9. The molecule has 0 saturated carbocycles. The Labute approximate surface area is 121 Å². The number of likely N-dealkylation sites (tertiary alicyclic amines) is 1. The molecule has 1 aliphatic rings. The zero-order valence-corrected chi connectivity index (χ0v) is 11.9. The van der Waals surface area contributed by atoms with E-state index >= 15 is 0 Å². The van der Waals surface area contributed by atoms with Crippen LogP contribution in [0.25, 0.3) is 0 Å². The first-order valence-corrected chi connectivity index (χ1v) is 7.05. The average Bonchev–Trinajstić information content (AvgIpc) is 2.62. The third-order valence-electron chi connectivity index (χ3n) is 3.91. The van der Waals surface area contributed by atoms with Gasteiger partial charge in [0.05, 0.1) is 5.56 Å². The summed E-state index contributed by atoms with van der Waals surface area (Å²) in [5.41, 5.74) is 4.09. The van der Waals surface area contributed by atoms with E-state index in [0.29, 0.717) is 19.0 Å². The molecule has 116 valence electrons. The lowest BCUT2D eigenvalue weighted by molar-refractivity contribution is -0.136. The largest absolute Gasteiger partial charge is 0.418 e. The summed E-state index contributed by atoms with van der Waals surface area (Å²) >= 11 is 0. The molecule has 2 rings (SSSR count). The summed E-state index contributed by atoms with van der Waals surface area (Å²) in [6.45, 7) is 3.31. The minimum Gasteiger partial charge on any atom is -0.398 e. The number of nitrogen functional groups attached to an aromatic ring is 1. The Morgan fingerprint density at radius 3 is 2.67 bits per heavy atom. The van der Waals surface area contributed by atoms with Crippen LogP contribution in [0, 0.1) is 5.92 Å². The van der Waals surface area contributed by atoms with Crippen molar-refractivity contribution >= 4 is 11.6 Å². The second-order valence-corrected chi connectivity index (χ2v) is 5.63. The maximum atomic E-state index is 12.8. The lowest BCUT2D eigenvalue weighted by atomic mass is 10.0. The van der Waals surface area contributed by atoms with Crippen molar-refractivity contribution in [2.45, 2.75) is 32.4 Å². The van der Waals surface area contributed by atoms with E-state index in [1.54, 1.807) is 4.90 Å². The van der Waals surface area contributed by atoms with Crippen LogP contribution in [0.4, 0.5) is 18.9 Å². The molecule has 0 radical (unpaired) electrons. The number of carbonyl (C=O) groups excluding carboxylic acids is 1. The summed E-state index contributed by atoms with van der Waals surface area (Å²) in [5, 5.41) is 0. The summed E-state index contributed by atoms with van der Waals surface area (Å²) in [4.78, 5) is 14.0. The molecular formula is C15H19F3N2O. The van der Waals surface area contributed by atoms with Gasteiger partial charge in [-0.05, 0) is 43.4 Å². The summed E-state index contributed by atoms with van der Waals surface area (Å²) < 4.78 is 38.5. The minimum atomic E-state index is -4.55. The number of nitrogens with zero attached hydrogens (tertiary/aromatic N) is 1. The van der Waals surface area contributed by atoms with Crippen LogP contribution in [0.5, 0.6) is 0 Å². The van der Waals surface area contributed by atoms with Gasteiger partial charge in [0.15, 0.2) is 0 Å². The molecular weight excluding hydrogens is 281 g/mol. The van der Waals surface area contributed by atoms with Crippen LogP contribution in [0.3, 0.4) is 0 Å². The van der Waals surface area contributed by atoms with Gasteiger partial charge in [-0.15, -0.1) is 0 Å². The SMILES string of the molecule is CC1CCCN(C(=O)c2ccc(N)c(C(F)(F)F)c2)CC1. The zero-order chi connectivity index (χ0) is 15.6. The van der Waals surface area contributed by atoms with E-state index in [-0.39, 0.29) is 17.2 Å². The van der Waals surface area contributed by atoms with Crippen LogP contribution < -0.4 is 5.73 Å². The number of hydrogen-bond donors (Lipinski definition) is 1. The average molecular weight is 300 g/mol. The highest BCUT2D eigenvalue weighted by Gasteiger charge is 2.34. The smallest absolute Gasteiger partial charge is 0.398 e. The minimum absolute atomic E-state index is 0.0473. The number of hydrogen-bond acceptors (Lipinski definition) is 2. The highest BCUT2D eigenvalue weighted by Crippen LogP contribution is 2.34. The van der Waals surface area contributed by atoms with Gasteiger partial charge in [0.2, 0.25) is 0 Å². The maximum absolute atomic E-state index is 12.8. The van der Waals surface area contributed by atoms with Crippen LogP contribution >= 0.6 is 0 Å². The number of anilines is 1. The molecule has 1 aromatic rings. The first-order valence-electron chi connectivity index (χ1n) is 7.05. The molecule has 6 heteroatoms. The van der Waals surface area contributed by atoms with E-state index in [4.69, 9.17) is 5.73 Å². The molecule has 1 aliphatic heterocycles. The number of amides is 1. The van der Waals surface area contributed by atoms with Gasteiger partial charge in [0.25, 0.3) is 5.91 Å².